The van der Waals surface area contributed by atoms with E-state index in [-0.39, 0.29) is 16.9 Å². The van der Waals surface area contributed by atoms with Gasteiger partial charge in [-0.3, -0.25) is 0 Å². The van der Waals surface area contributed by atoms with E-state index in [1.54, 1.807) is 12.1 Å². The van der Waals surface area contributed by atoms with Crippen LogP contribution in [-0.4, -0.2) is 22.2 Å². The van der Waals surface area contributed by atoms with E-state index in [9.17, 15) is 14.7 Å². The van der Waals surface area contributed by atoms with Crippen LogP contribution in [0.2, 0.25) is 0 Å². The molecule has 0 heterocycles. The molecule has 0 aliphatic rings. The Hall–Kier alpha value is -2.30. The zero-order valence-corrected chi connectivity index (χ0v) is 14.5. The second-order valence-corrected chi connectivity index (χ2v) is 6.50. The number of hydrogen-bond donors (Lipinski definition) is 2. The molecule has 5 nitrogen and oxygen atoms in total. The number of phenols is 1. The molecule has 5 heteroatoms. The summed E-state index contributed by atoms with van der Waals surface area (Å²) in [5, 5.41) is 18.4. The first-order valence-electron chi connectivity index (χ1n) is 8.22. The zero-order valence-electron chi connectivity index (χ0n) is 14.5. The van der Waals surface area contributed by atoms with Crippen LogP contribution >= 0.6 is 0 Å². The number of phenolic OH excluding ortho intramolecular Hbond substituents is 1. The van der Waals surface area contributed by atoms with E-state index < -0.39 is 11.9 Å². The summed E-state index contributed by atoms with van der Waals surface area (Å²) in [6.07, 6.45) is 7.15. The molecule has 0 aromatic heterocycles. The van der Waals surface area contributed by atoms with Gasteiger partial charge in [-0.2, -0.15) is 0 Å². The van der Waals surface area contributed by atoms with Crippen molar-refractivity contribution < 1.29 is 24.5 Å². The Morgan fingerprint density at radius 2 is 1.83 bits per heavy atom. The minimum Gasteiger partial charge on any atom is -0.508 e. The Kier molecular flexibility index (Phi) is 7.49. The molecule has 0 fully saturated rings. The maximum absolute atomic E-state index is 11.6. The molecule has 0 saturated heterocycles. The lowest BCUT2D eigenvalue weighted by molar-refractivity contribution is -0.133. The van der Waals surface area contributed by atoms with Crippen LogP contribution in [0.25, 0.3) is 0 Å². The second kappa shape index (κ2) is 9.11. The highest BCUT2D eigenvalue weighted by atomic mass is 16.5. The van der Waals surface area contributed by atoms with Gasteiger partial charge >= 0.3 is 11.9 Å². The summed E-state index contributed by atoms with van der Waals surface area (Å²) in [7, 11) is 0. The molecule has 0 spiro atoms. The van der Waals surface area contributed by atoms with E-state index in [0.29, 0.717) is 6.08 Å². The van der Waals surface area contributed by atoms with E-state index in [1.165, 1.54) is 25.3 Å². The number of benzene rings is 1. The number of carboxylic acids is 1. The summed E-state index contributed by atoms with van der Waals surface area (Å²) < 4.78 is 5.08. The SMILES string of the molecule is CCCCCCC(C)(C)c1cc(O)cc(OC(=O)/C=C/C(=O)O)c1. The molecule has 1 aromatic rings. The molecular formula is C19H26O5. The number of hydrogen-bond acceptors (Lipinski definition) is 4. The van der Waals surface area contributed by atoms with Gasteiger partial charge in [-0.05, 0) is 29.5 Å². The minimum absolute atomic E-state index is 0.0131. The second-order valence-electron chi connectivity index (χ2n) is 6.50. The minimum atomic E-state index is -1.23. The molecule has 1 rings (SSSR count). The molecule has 0 unspecified atom stereocenters. The first-order valence-corrected chi connectivity index (χ1v) is 8.22. The molecule has 0 aliphatic heterocycles. The first-order chi connectivity index (χ1) is 11.2. The van der Waals surface area contributed by atoms with Gasteiger partial charge < -0.3 is 14.9 Å². The monoisotopic (exact) mass is 334 g/mol. The Labute approximate surface area is 143 Å². The summed E-state index contributed by atoms with van der Waals surface area (Å²) in [5.41, 5.74) is 0.717. The normalized spacial score (nSPS) is 11.6. The summed E-state index contributed by atoms with van der Waals surface area (Å²) >= 11 is 0. The highest BCUT2D eigenvalue weighted by Crippen LogP contribution is 2.34. The Morgan fingerprint density at radius 3 is 2.46 bits per heavy atom. The van der Waals surface area contributed by atoms with Crippen LogP contribution in [0.3, 0.4) is 0 Å². The van der Waals surface area contributed by atoms with Gasteiger partial charge in [-0.15, -0.1) is 0 Å². The van der Waals surface area contributed by atoms with Gasteiger partial charge in [-0.25, -0.2) is 9.59 Å². The molecule has 0 atom stereocenters. The largest absolute Gasteiger partial charge is 0.508 e. The Bertz CT molecular complexity index is 602. The highest BCUT2D eigenvalue weighted by molar-refractivity contribution is 5.91. The van der Waals surface area contributed by atoms with Crippen LogP contribution in [-0.2, 0) is 15.0 Å². The van der Waals surface area contributed by atoms with Gasteiger partial charge in [0.15, 0.2) is 0 Å². The number of carbonyl (C=O) groups excluding carboxylic acids is 1. The van der Waals surface area contributed by atoms with Crippen LogP contribution < -0.4 is 4.74 Å². The number of unbranched alkanes of at least 4 members (excludes halogenated alkanes) is 3. The highest BCUT2D eigenvalue weighted by Gasteiger charge is 2.22. The maximum atomic E-state index is 11.6. The van der Waals surface area contributed by atoms with Crippen molar-refractivity contribution >= 4 is 11.9 Å². The number of esters is 1. The van der Waals surface area contributed by atoms with Crippen LogP contribution in [0.4, 0.5) is 0 Å². The topological polar surface area (TPSA) is 83.8 Å². The van der Waals surface area contributed by atoms with Crippen molar-refractivity contribution in [2.75, 3.05) is 0 Å². The third-order valence-corrected chi connectivity index (χ3v) is 3.91. The summed E-state index contributed by atoms with van der Waals surface area (Å²) in [5.74, 6) is -1.81. The van der Waals surface area contributed by atoms with Crippen molar-refractivity contribution in [3.63, 3.8) is 0 Å². The lowest BCUT2D eigenvalue weighted by Gasteiger charge is -2.26. The summed E-state index contributed by atoms with van der Waals surface area (Å²) in [6, 6.07) is 4.72. The molecule has 132 valence electrons. The lowest BCUT2D eigenvalue weighted by Crippen LogP contribution is -2.17. The van der Waals surface area contributed by atoms with E-state index in [2.05, 4.69) is 20.8 Å². The van der Waals surface area contributed by atoms with Crippen molar-refractivity contribution in [3.05, 3.63) is 35.9 Å². The summed E-state index contributed by atoms with van der Waals surface area (Å²) in [4.78, 5) is 22.0. The van der Waals surface area contributed by atoms with Gasteiger partial charge in [0, 0.05) is 18.2 Å². The molecule has 2 N–H and O–H groups in total. The van der Waals surface area contributed by atoms with Gasteiger partial charge in [0.2, 0.25) is 0 Å². The maximum Gasteiger partial charge on any atom is 0.336 e. The predicted octanol–water partition coefficient (Wildman–Crippen LogP) is 4.19. The molecule has 0 radical (unpaired) electrons. The number of ether oxygens (including phenoxy) is 1. The Morgan fingerprint density at radius 1 is 1.12 bits per heavy atom. The number of aliphatic carboxylic acids is 1. The predicted molar refractivity (Wildman–Crippen MR) is 92.3 cm³/mol. The van der Waals surface area contributed by atoms with Crippen molar-refractivity contribution in [3.8, 4) is 11.5 Å². The van der Waals surface area contributed by atoms with Gasteiger partial charge in [0.25, 0.3) is 0 Å². The van der Waals surface area contributed by atoms with Gasteiger partial charge in [-0.1, -0.05) is 46.5 Å². The van der Waals surface area contributed by atoms with Gasteiger partial charge in [0.1, 0.15) is 11.5 Å². The van der Waals surface area contributed by atoms with Crippen LogP contribution in [0.15, 0.2) is 30.4 Å². The fourth-order valence-corrected chi connectivity index (χ4v) is 2.46. The van der Waals surface area contributed by atoms with Crippen molar-refractivity contribution in [2.24, 2.45) is 0 Å². The molecule has 0 bridgehead atoms. The van der Waals surface area contributed by atoms with E-state index in [0.717, 1.165) is 24.5 Å². The molecule has 0 saturated carbocycles. The number of carboxylic acid groups (broad SMARTS) is 1. The number of carbonyl (C=O) groups is 2. The molecule has 0 aliphatic carbocycles. The molecule has 1 aromatic carbocycles. The van der Waals surface area contributed by atoms with E-state index in [1.807, 2.05) is 0 Å². The first kappa shape index (κ1) is 19.7. The number of aromatic hydroxyl groups is 1. The fourth-order valence-electron chi connectivity index (χ4n) is 2.46. The van der Waals surface area contributed by atoms with Gasteiger partial charge in [0.05, 0.1) is 0 Å². The standard InChI is InChI=1S/C19H26O5/c1-4-5-6-7-10-19(2,3)14-11-15(20)13-16(12-14)24-18(23)9-8-17(21)22/h8-9,11-13,20H,4-7,10H2,1-3H3,(H,21,22)/b9-8+. The van der Waals surface area contributed by atoms with Crippen molar-refractivity contribution in [1.82, 2.24) is 0 Å². The fraction of sp³-hybridized carbons (Fsp3) is 0.474. The van der Waals surface area contributed by atoms with Crippen molar-refractivity contribution in [1.29, 1.82) is 0 Å². The van der Waals surface area contributed by atoms with E-state index >= 15 is 0 Å². The quantitative estimate of drug-likeness (QED) is 0.306. The molecule has 24 heavy (non-hydrogen) atoms. The average Bonchev–Trinajstić information content (AvgIpc) is 2.49. The van der Waals surface area contributed by atoms with Crippen LogP contribution in [0, 0.1) is 0 Å². The lowest BCUT2D eigenvalue weighted by atomic mass is 9.80. The van der Waals surface area contributed by atoms with Crippen LogP contribution in [0.5, 0.6) is 11.5 Å². The third kappa shape index (κ3) is 6.86. The van der Waals surface area contributed by atoms with Crippen LogP contribution in [0.1, 0.15) is 58.4 Å². The molecular weight excluding hydrogens is 308 g/mol. The average molecular weight is 334 g/mol. The Balaban J connectivity index is 2.84. The smallest absolute Gasteiger partial charge is 0.336 e. The number of rotatable bonds is 9. The van der Waals surface area contributed by atoms with Crippen molar-refractivity contribution in [2.45, 2.75) is 58.3 Å². The molecule has 0 amide bonds. The van der Waals surface area contributed by atoms with E-state index in [4.69, 9.17) is 9.84 Å². The zero-order chi connectivity index (χ0) is 18.2. The third-order valence-electron chi connectivity index (χ3n) is 3.91. The summed E-state index contributed by atoms with van der Waals surface area (Å²) in [6.45, 7) is 6.34.